The van der Waals surface area contributed by atoms with Gasteiger partial charge in [0.15, 0.2) is 5.13 Å². The number of hydrogen-bond donors (Lipinski definition) is 3. The number of aromatic nitrogens is 1. The summed E-state index contributed by atoms with van der Waals surface area (Å²) in [5, 5.41) is 14.2. The Bertz CT molecular complexity index is 410. The molecule has 1 unspecified atom stereocenters. The first-order chi connectivity index (χ1) is 7.99. The number of rotatable bonds is 5. The van der Waals surface area contributed by atoms with Crippen molar-refractivity contribution in [1.29, 1.82) is 0 Å². The maximum absolute atomic E-state index is 11.4. The molecular weight excluding hydrogens is 310 g/mol. The third-order valence-electron chi connectivity index (χ3n) is 1.98. The van der Waals surface area contributed by atoms with Crippen LogP contribution in [0.1, 0.15) is 13.3 Å². The van der Waals surface area contributed by atoms with E-state index in [1.54, 1.807) is 13.1 Å². The molecule has 8 heteroatoms. The van der Waals surface area contributed by atoms with Gasteiger partial charge in [-0.25, -0.2) is 9.78 Å². The summed E-state index contributed by atoms with van der Waals surface area (Å²) in [7, 11) is 0. The Kier molecular flexibility index (Phi) is 5.36. The molecule has 0 radical (unpaired) electrons. The largest absolute Gasteiger partial charge is 0.481 e. The molecule has 94 valence electrons. The molecule has 1 heterocycles. The summed E-state index contributed by atoms with van der Waals surface area (Å²) in [5.74, 6) is -1.33. The van der Waals surface area contributed by atoms with Crippen LogP contribution in [0.2, 0.25) is 0 Å². The number of nitrogens with one attached hydrogen (secondary N) is 2. The number of amides is 2. The summed E-state index contributed by atoms with van der Waals surface area (Å²) < 4.78 is 0.826. The van der Waals surface area contributed by atoms with Crippen molar-refractivity contribution in [2.45, 2.75) is 13.3 Å². The second kappa shape index (κ2) is 6.55. The number of hydrogen-bond acceptors (Lipinski definition) is 4. The van der Waals surface area contributed by atoms with Crippen LogP contribution in [-0.4, -0.2) is 28.6 Å². The third-order valence-corrected chi connectivity index (χ3v) is 3.37. The molecule has 6 nitrogen and oxygen atoms in total. The zero-order chi connectivity index (χ0) is 12.8. The molecule has 0 aliphatic heterocycles. The zero-order valence-electron chi connectivity index (χ0n) is 9.07. The number of carboxylic acids is 1. The van der Waals surface area contributed by atoms with Crippen molar-refractivity contribution in [3.05, 3.63) is 9.98 Å². The summed E-state index contributed by atoms with van der Waals surface area (Å²) in [6.07, 6.45) is 1.98. The highest BCUT2D eigenvalue weighted by Crippen LogP contribution is 2.22. The molecule has 0 saturated heterocycles. The highest BCUT2D eigenvalue weighted by atomic mass is 79.9. The van der Waals surface area contributed by atoms with Gasteiger partial charge in [-0.05, 0) is 22.4 Å². The second-order valence-corrected chi connectivity index (χ2v) is 5.79. The lowest BCUT2D eigenvalue weighted by Gasteiger charge is -2.07. The first kappa shape index (κ1) is 13.9. The van der Waals surface area contributed by atoms with Crippen molar-refractivity contribution in [3.63, 3.8) is 0 Å². The van der Waals surface area contributed by atoms with E-state index in [0.29, 0.717) is 18.1 Å². The molecule has 2 amide bonds. The molecule has 17 heavy (non-hydrogen) atoms. The van der Waals surface area contributed by atoms with E-state index in [1.165, 1.54) is 11.3 Å². The van der Waals surface area contributed by atoms with E-state index in [4.69, 9.17) is 5.11 Å². The molecular formula is C9H12BrN3O3S. The van der Waals surface area contributed by atoms with Gasteiger partial charge in [-0.1, -0.05) is 18.3 Å². The van der Waals surface area contributed by atoms with E-state index in [9.17, 15) is 9.59 Å². The van der Waals surface area contributed by atoms with Gasteiger partial charge in [-0.3, -0.25) is 10.1 Å². The zero-order valence-corrected chi connectivity index (χ0v) is 11.5. The summed E-state index contributed by atoms with van der Waals surface area (Å²) in [6, 6.07) is -0.385. The molecule has 0 spiro atoms. The van der Waals surface area contributed by atoms with Crippen LogP contribution in [0, 0.1) is 5.92 Å². The second-order valence-electron chi connectivity index (χ2n) is 3.38. The third kappa shape index (κ3) is 5.14. The Hall–Kier alpha value is -1.15. The van der Waals surface area contributed by atoms with E-state index in [-0.39, 0.29) is 6.03 Å². The van der Waals surface area contributed by atoms with Gasteiger partial charge in [0.1, 0.15) is 0 Å². The number of anilines is 1. The molecule has 1 aromatic heterocycles. The Labute approximate surface area is 111 Å². The van der Waals surface area contributed by atoms with Crippen molar-refractivity contribution in [2.24, 2.45) is 5.92 Å². The summed E-state index contributed by atoms with van der Waals surface area (Å²) in [5.41, 5.74) is 0. The van der Waals surface area contributed by atoms with Gasteiger partial charge in [0.25, 0.3) is 0 Å². The average molecular weight is 322 g/mol. The van der Waals surface area contributed by atoms with Gasteiger partial charge in [0.05, 0.1) is 15.9 Å². The summed E-state index contributed by atoms with van der Waals surface area (Å²) in [6.45, 7) is 1.91. The Balaban J connectivity index is 2.24. The van der Waals surface area contributed by atoms with E-state index in [0.717, 1.165) is 3.79 Å². The van der Waals surface area contributed by atoms with Crippen molar-refractivity contribution < 1.29 is 14.7 Å². The monoisotopic (exact) mass is 321 g/mol. The van der Waals surface area contributed by atoms with E-state index in [2.05, 4.69) is 31.5 Å². The van der Waals surface area contributed by atoms with Crippen molar-refractivity contribution >= 4 is 44.4 Å². The highest BCUT2D eigenvalue weighted by Gasteiger charge is 2.11. The van der Waals surface area contributed by atoms with Gasteiger partial charge in [-0.2, -0.15) is 0 Å². The fourth-order valence-electron chi connectivity index (χ4n) is 0.979. The Morgan fingerprint density at radius 2 is 2.35 bits per heavy atom. The summed E-state index contributed by atoms with van der Waals surface area (Å²) in [4.78, 5) is 25.8. The SMILES string of the molecule is CC(CCNC(=O)Nc1ncc(Br)s1)C(=O)O. The van der Waals surface area contributed by atoms with Gasteiger partial charge in [0, 0.05) is 6.54 Å². The minimum absolute atomic E-state index is 0.311. The van der Waals surface area contributed by atoms with Crippen LogP contribution >= 0.6 is 27.3 Å². The topological polar surface area (TPSA) is 91.3 Å². The van der Waals surface area contributed by atoms with Crippen LogP contribution in [0.5, 0.6) is 0 Å². The first-order valence-corrected chi connectivity index (χ1v) is 6.49. The van der Waals surface area contributed by atoms with Crippen molar-refractivity contribution in [1.82, 2.24) is 10.3 Å². The molecule has 3 N–H and O–H groups in total. The molecule has 1 aromatic rings. The first-order valence-electron chi connectivity index (χ1n) is 4.88. The Morgan fingerprint density at radius 3 is 2.88 bits per heavy atom. The minimum atomic E-state index is -0.865. The molecule has 0 bridgehead atoms. The summed E-state index contributed by atoms with van der Waals surface area (Å²) >= 11 is 4.53. The van der Waals surface area contributed by atoms with Gasteiger partial charge < -0.3 is 10.4 Å². The van der Waals surface area contributed by atoms with Crippen molar-refractivity contribution in [3.8, 4) is 0 Å². The molecule has 0 saturated carbocycles. The number of nitrogens with zero attached hydrogens (tertiary/aromatic N) is 1. The molecule has 0 aromatic carbocycles. The molecule has 1 atom stereocenters. The van der Waals surface area contributed by atoms with Crippen LogP contribution in [0.3, 0.4) is 0 Å². The van der Waals surface area contributed by atoms with Gasteiger partial charge in [0.2, 0.25) is 0 Å². The maximum Gasteiger partial charge on any atom is 0.321 e. The van der Waals surface area contributed by atoms with Gasteiger partial charge >= 0.3 is 12.0 Å². The number of carbonyl (C=O) groups is 2. The highest BCUT2D eigenvalue weighted by molar-refractivity contribution is 9.11. The lowest BCUT2D eigenvalue weighted by atomic mass is 10.1. The van der Waals surface area contributed by atoms with Crippen LogP contribution < -0.4 is 10.6 Å². The number of halogens is 1. The van der Waals surface area contributed by atoms with Crippen LogP contribution in [-0.2, 0) is 4.79 Å². The van der Waals surface area contributed by atoms with Gasteiger partial charge in [-0.15, -0.1) is 0 Å². The predicted octanol–water partition coefficient (Wildman–Crippen LogP) is 2.14. The minimum Gasteiger partial charge on any atom is -0.481 e. The van der Waals surface area contributed by atoms with Crippen molar-refractivity contribution in [2.75, 3.05) is 11.9 Å². The van der Waals surface area contributed by atoms with Crippen LogP contribution in [0.25, 0.3) is 0 Å². The Morgan fingerprint density at radius 1 is 1.65 bits per heavy atom. The average Bonchev–Trinajstić information content (AvgIpc) is 2.63. The molecule has 0 aliphatic carbocycles. The number of aliphatic carboxylic acids is 1. The quantitative estimate of drug-likeness (QED) is 0.774. The molecule has 0 aliphatic rings. The van der Waals surface area contributed by atoms with E-state index in [1.807, 2.05) is 0 Å². The molecule has 1 rings (SSSR count). The number of thiazole rings is 1. The standard InChI is InChI=1S/C9H12BrN3O3S/c1-5(7(14)15)2-3-11-8(16)13-9-12-4-6(10)17-9/h4-5H,2-3H2,1H3,(H,14,15)(H2,11,12,13,16). The van der Waals surface area contributed by atoms with Crippen LogP contribution in [0.15, 0.2) is 9.98 Å². The van der Waals surface area contributed by atoms with Crippen LogP contribution in [0.4, 0.5) is 9.93 Å². The fraction of sp³-hybridized carbons (Fsp3) is 0.444. The number of carbonyl (C=O) groups excluding carboxylic acids is 1. The van der Waals surface area contributed by atoms with E-state index < -0.39 is 11.9 Å². The number of carboxylic acid groups (broad SMARTS) is 1. The van der Waals surface area contributed by atoms with E-state index >= 15 is 0 Å². The normalized spacial score (nSPS) is 11.9. The maximum atomic E-state index is 11.4. The molecule has 0 fully saturated rings. The fourth-order valence-corrected chi connectivity index (χ4v) is 2.08. The smallest absolute Gasteiger partial charge is 0.321 e. The lowest BCUT2D eigenvalue weighted by molar-refractivity contribution is -0.141. The number of urea groups is 1. The lowest BCUT2D eigenvalue weighted by Crippen LogP contribution is -2.31. The predicted molar refractivity (Wildman–Crippen MR) is 68.3 cm³/mol.